The molecular formula is C17H26OSi. The highest BCUT2D eigenvalue weighted by Gasteiger charge is 2.21. The molecule has 0 fully saturated rings. The number of hydrogen-bond acceptors (Lipinski definition) is 1. The predicted octanol–water partition coefficient (Wildman–Crippen LogP) is 4.67. The molecule has 0 bridgehead atoms. The lowest BCUT2D eigenvalue weighted by Gasteiger charge is -2.27. The van der Waals surface area contributed by atoms with E-state index >= 15 is 0 Å². The van der Waals surface area contributed by atoms with Crippen molar-refractivity contribution in [2.75, 3.05) is 6.61 Å². The Morgan fingerprint density at radius 3 is 2.58 bits per heavy atom. The van der Waals surface area contributed by atoms with Crippen LogP contribution in [0.1, 0.15) is 18.4 Å². The van der Waals surface area contributed by atoms with Crippen molar-refractivity contribution >= 4 is 8.07 Å². The van der Waals surface area contributed by atoms with E-state index in [9.17, 15) is 0 Å². The summed E-state index contributed by atoms with van der Waals surface area (Å²) in [5, 5.41) is 0. The molecular weight excluding hydrogens is 248 g/mol. The summed E-state index contributed by atoms with van der Waals surface area (Å²) in [4.78, 5) is 0. The molecule has 104 valence electrons. The molecule has 1 nitrogen and oxygen atoms in total. The fourth-order valence-electron chi connectivity index (χ4n) is 2.72. The number of hydrogen-bond donors (Lipinski definition) is 0. The van der Waals surface area contributed by atoms with E-state index in [-0.39, 0.29) is 0 Å². The fraction of sp³-hybridized carbons (Fsp3) is 0.529. The molecule has 0 N–H and O–H groups in total. The largest absolute Gasteiger partial charge is 0.374 e. The van der Waals surface area contributed by atoms with Crippen molar-refractivity contribution in [1.82, 2.24) is 0 Å². The van der Waals surface area contributed by atoms with E-state index in [0.717, 1.165) is 25.9 Å². The van der Waals surface area contributed by atoms with Gasteiger partial charge in [-0.1, -0.05) is 61.6 Å². The Bertz CT molecular complexity index is 417. The van der Waals surface area contributed by atoms with E-state index in [1.807, 2.05) is 0 Å². The number of rotatable bonds is 5. The molecule has 0 aromatic heterocycles. The summed E-state index contributed by atoms with van der Waals surface area (Å²) in [7, 11) is -0.985. The lowest BCUT2D eigenvalue weighted by atomic mass is 10.0. The molecule has 2 heteroatoms. The molecule has 0 amide bonds. The average Bonchev–Trinajstić information content (AvgIpc) is 2.36. The Morgan fingerprint density at radius 2 is 1.89 bits per heavy atom. The monoisotopic (exact) mass is 274 g/mol. The van der Waals surface area contributed by atoms with Crippen LogP contribution >= 0.6 is 0 Å². The van der Waals surface area contributed by atoms with Gasteiger partial charge in [-0.3, -0.25) is 0 Å². The fourth-order valence-corrected chi connectivity index (χ4v) is 4.37. The molecule has 1 aliphatic heterocycles. The van der Waals surface area contributed by atoms with E-state index < -0.39 is 8.07 Å². The molecule has 0 aliphatic carbocycles. The van der Waals surface area contributed by atoms with Crippen LogP contribution in [0.5, 0.6) is 0 Å². The molecule has 1 atom stereocenters. The minimum Gasteiger partial charge on any atom is -0.374 e. The highest BCUT2D eigenvalue weighted by molar-refractivity contribution is 6.76. The SMILES string of the molecule is C[Si](C)(C)CC1=CCOC(CCc2ccccc2)C1. The predicted molar refractivity (Wildman–Crippen MR) is 85.4 cm³/mol. The Balaban J connectivity index is 1.82. The van der Waals surface area contributed by atoms with Crippen LogP contribution in [-0.4, -0.2) is 20.8 Å². The van der Waals surface area contributed by atoms with Crippen LogP contribution in [0, 0.1) is 0 Å². The third-order valence-corrected chi connectivity index (χ3v) is 5.06. The maximum atomic E-state index is 5.88. The van der Waals surface area contributed by atoms with Crippen LogP contribution in [0.15, 0.2) is 42.0 Å². The molecule has 0 saturated heterocycles. The van der Waals surface area contributed by atoms with Gasteiger partial charge in [-0.25, -0.2) is 0 Å². The van der Waals surface area contributed by atoms with E-state index in [4.69, 9.17) is 4.74 Å². The maximum Gasteiger partial charge on any atom is 0.0653 e. The zero-order chi connectivity index (χ0) is 13.7. The van der Waals surface area contributed by atoms with E-state index in [2.05, 4.69) is 56.0 Å². The van der Waals surface area contributed by atoms with Crippen molar-refractivity contribution in [3.05, 3.63) is 47.5 Å². The maximum absolute atomic E-state index is 5.88. The minimum absolute atomic E-state index is 0.427. The highest BCUT2D eigenvalue weighted by Crippen LogP contribution is 2.26. The van der Waals surface area contributed by atoms with Crippen LogP contribution in [0.2, 0.25) is 25.7 Å². The molecule has 2 rings (SSSR count). The van der Waals surface area contributed by atoms with Gasteiger partial charge < -0.3 is 4.74 Å². The Labute approximate surface area is 118 Å². The summed E-state index contributed by atoms with van der Waals surface area (Å²) < 4.78 is 5.88. The molecule has 19 heavy (non-hydrogen) atoms. The van der Waals surface area contributed by atoms with Crippen LogP contribution in [0.25, 0.3) is 0 Å². The standard InChI is InChI=1S/C17H26OSi/c1-19(2,3)14-16-11-12-18-17(13-16)10-9-15-7-5-4-6-8-15/h4-8,11,17H,9-10,12-14H2,1-3H3. The van der Waals surface area contributed by atoms with Crippen molar-refractivity contribution < 1.29 is 4.74 Å². The molecule has 1 heterocycles. The number of benzene rings is 1. The van der Waals surface area contributed by atoms with Crippen molar-refractivity contribution in [2.24, 2.45) is 0 Å². The molecule has 0 saturated carbocycles. The summed E-state index contributed by atoms with van der Waals surface area (Å²) in [6.07, 6.45) is 6.17. The van der Waals surface area contributed by atoms with Gasteiger partial charge in [-0.15, -0.1) is 0 Å². The molecule has 1 aromatic rings. The van der Waals surface area contributed by atoms with Crippen LogP contribution in [-0.2, 0) is 11.2 Å². The third kappa shape index (κ3) is 5.33. The second-order valence-electron chi connectivity index (χ2n) is 6.78. The first kappa shape index (κ1) is 14.5. The van der Waals surface area contributed by atoms with Crippen molar-refractivity contribution in [3.63, 3.8) is 0 Å². The Hall–Kier alpha value is -0.863. The third-order valence-electron chi connectivity index (χ3n) is 3.55. The topological polar surface area (TPSA) is 9.23 Å². The molecule has 0 spiro atoms. The summed E-state index contributed by atoms with van der Waals surface area (Å²) in [5.41, 5.74) is 3.07. The highest BCUT2D eigenvalue weighted by atomic mass is 28.3. The normalized spacial score (nSPS) is 20.2. The van der Waals surface area contributed by atoms with Crippen molar-refractivity contribution in [2.45, 2.75) is 51.1 Å². The van der Waals surface area contributed by atoms with Gasteiger partial charge in [0, 0.05) is 8.07 Å². The average molecular weight is 274 g/mol. The quantitative estimate of drug-likeness (QED) is 0.560. The first-order valence-corrected chi connectivity index (χ1v) is 11.1. The van der Waals surface area contributed by atoms with Gasteiger partial charge in [0.25, 0.3) is 0 Å². The van der Waals surface area contributed by atoms with Crippen molar-refractivity contribution in [3.8, 4) is 0 Å². The van der Waals surface area contributed by atoms with Gasteiger partial charge in [0.1, 0.15) is 0 Å². The van der Waals surface area contributed by atoms with Gasteiger partial charge in [0.2, 0.25) is 0 Å². The zero-order valence-corrected chi connectivity index (χ0v) is 13.5. The van der Waals surface area contributed by atoms with Gasteiger partial charge in [0.15, 0.2) is 0 Å². The number of ether oxygens (including phenoxy) is 1. The van der Waals surface area contributed by atoms with Gasteiger partial charge in [-0.2, -0.15) is 0 Å². The van der Waals surface area contributed by atoms with Gasteiger partial charge >= 0.3 is 0 Å². The van der Waals surface area contributed by atoms with Crippen LogP contribution < -0.4 is 0 Å². The summed E-state index contributed by atoms with van der Waals surface area (Å²) in [5.74, 6) is 0. The van der Waals surface area contributed by atoms with Gasteiger partial charge in [-0.05, 0) is 30.9 Å². The van der Waals surface area contributed by atoms with Crippen molar-refractivity contribution in [1.29, 1.82) is 0 Å². The summed E-state index contributed by atoms with van der Waals surface area (Å²) in [6, 6.07) is 12.1. The van der Waals surface area contributed by atoms with Crippen LogP contribution in [0.3, 0.4) is 0 Å². The number of aryl methyl sites for hydroxylation is 1. The molecule has 1 aliphatic rings. The van der Waals surface area contributed by atoms with E-state index in [1.54, 1.807) is 5.57 Å². The Kier molecular flexibility index (Phi) is 5.00. The Morgan fingerprint density at radius 1 is 1.16 bits per heavy atom. The summed E-state index contributed by atoms with van der Waals surface area (Å²) in [6.45, 7) is 8.16. The minimum atomic E-state index is -0.985. The molecule has 1 aromatic carbocycles. The zero-order valence-electron chi connectivity index (χ0n) is 12.5. The second-order valence-corrected chi connectivity index (χ2v) is 12.3. The lowest BCUT2D eigenvalue weighted by molar-refractivity contribution is 0.0585. The summed E-state index contributed by atoms with van der Waals surface area (Å²) >= 11 is 0. The molecule has 1 unspecified atom stereocenters. The van der Waals surface area contributed by atoms with Gasteiger partial charge in [0.05, 0.1) is 12.7 Å². The smallest absolute Gasteiger partial charge is 0.0653 e. The molecule has 0 radical (unpaired) electrons. The van der Waals surface area contributed by atoms with Crippen LogP contribution in [0.4, 0.5) is 0 Å². The second kappa shape index (κ2) is 6.53. The van der Waals surface area contributed by atoms with E-state index in [1.165, 1.54) is 11.6 Å². The first-order valence-electron chi connectivity index (χ1n) is 7.36. The first-order chi connectivity index (χ1) is 9.03. The van der Waals surface area contributed by atoms with E-state index in [0.29, 0.717) is 6.10 Å². The lowest BCUT2D eigenvalue weighted by Crippen LogP contribution is -2.25.